The van der Waals surface area contributed by atoms with Crippen LogP contribution in [-0.2, 0) is 12.7 Å². The van der Waals surface area contributed by atoms with E-state index in [-0.39, 0.29) is 12.1 Å². The molecule has 6 heteroatoms. The number of hydrogen-bond donors (Lipinski definition) is 2. The average molecular weight is 346 g/mol. The Kier molecular flexibility index (Phi) is 4.29. The van der Waals surface area contributed by atoms with E-state index in [1.165, 1.54) is 6.07 Å². The minimum atomic E-state index is -4.40. The van der Waals surface area contributed by atoms with Crippen molar-refractivity contribution < 1.29 is 13.2 Å². The molecule has 3 nitrogen and oxygen atoms in total. The lowest BCUT2D eigenvalue weighted by atomic mass is 10.1. The third kappa shape index (κ3) is 3.68. The fraction of sp³-hybridized carbons (Fsp3) is 0.211. The van der Waals surface area contributed by atoms with Crippen molar-refractivity contribution in [1.82, 2.24) is 4.98 Å². The summed E-state index contributed by atoms with van der Waals surface area (Å²) in [5.41, 5.74) is 2.64. The maximum Gasteiger partial charge on any atom is 0.416 e. The molecule has 0 unspecified atom stereocenters. The number of halogens is 3. The number of aromatic nitrogens is 1. The zero-order valence-corrected chi connectivity index (χ0v) is 13.8. The molecule has 3 rings (SSSR count). The van der Waals surface area contributed by atoms with E-state index in [2.05, 4.69) is 10.3 Å². The number of anilines is 1. The van der Waals surface area contributed by atoms with Crippen molar-refractivity contribution in [3.63, 3.8) is 0 Å². The van der Waals surface area contributed by atoms with Crippen LogP contribution in [0.5, 0.6) is 0 Å². The van der Waals surface area contributed by atoms with Crippen molar-refractivity contribution in [2.24, 2.45) is 0 Å². The first kappa shape index (κ1) is 17.1. The van der Waals surface area contributed by atoms with Crippen molar-refractivity contribution in [2.45, 2.75) is 26.6 Å². The standard InChI is InChI=1S/C19H17F3N2O/c1-11-6-12(2)17-13(7-11)8-14(18(25)24-17)10-23-16-5-3-4-15(9-16)19(20,21)22/h3-9,23H,10H2,1-2H3,(H,24,25). The lowest BCUT2D eigenvalue weighted by molar-refractivity contribution is -0.137. The van der Waals surface area contributed by atoms with Gasteiger partial charge in [0.25, 0.3) is 5.56 Å². The molecule has 0 saturated carbocycles. The number of H-pyrrole nitrogens is 1. The molecule has 0 aliphatic heterocycles. The summed E-state index contributed by atoms with van der Waals surface area (Å²) in [6.07, 6.45) is -4.40. The maximum absolute atomic E-state index is 12.8. The van der Waals surface area contributed by atoms with E-state index in [0.29, 0.717) is 11.3 Å². The SMILES string of the molecule is Cc1cc(C)c2[nH]c(=O)c(CNc3cccc(C(F)(F)F)c3)cc2c1. The first-order valence-corrected chi connectivity index (χ1v) is 7.78. The van der Waals surface area contributed by atoms with E-state index in [1.807, 2.05) is 26.0 Å². The molecule has 0 radical (unpaired) electrons. The van der Waals surface area contributed by atoms with Crippen LogP contribution in [0.2, 0.25) is 0 Å². The summed E-state index contributed by atoms with van der Waals surface area (Å²) in [7, 11) is 0. The van der Waals surface area contributed by atoms with Crippen LogP contribution >= 0.6 is 0 Å². The number of nitrogens with one attached hydrogen (secondary N) is 2. The van der Waals surface area contributed by atoms with Gasteiger partial charge in [0, 0.05) is 17.8 Å². The highest BCUT2D eigenvalue weighted by molar-refractivity contribution is 5.82. The topological polar surface area (TPSA) is 44.9 Å². The fourth-order valence-electron chi connectivity index (χ4n) is 2.87. The summed E-state index contributed by atoms with van der Waals surface area (Å²) in [5, 5.41) is 3.79. The Bertz CT molecular complexity index is 990. The Morgan fingerprint density at radius 3 is 2.56 bits per heavy atom. The molecule has 0 atom stereocenters. The van der Waals surface area contributed by atoms with Crippen LogP contribution in [0.25, 0.3) is 10.9 Å². The molecule has 1 heterocycles. The lowest BCUT2D eigenvalue weighted by Gasteiger charge is -2.11. The van der Waals surface area contributed by atoms with Crippen molar-refractivity contribution in [3.05, 3.63) is 75.1 Å². The Labute approximate surface area is 142 Å². The predicted molar refractivity (Wildman–Crippen MR) is 92.8 cm³/mol. The van der Waals surface area contributed by atoms with Gasteiger partial charge < -0.3 is 10.3 Å². The minimum Gasteiger partial charge on any atom is -0.381 e. The Balaban J connectivity index is 1.89. The van der Waals surface area contributed by atoms with E-state index in [0.717, 1.165) is 34.2 Å². The van der Waals surface area contributed by atoms with Gasteiger partial charge in [0.05, 0.1) is 11.1 Å². The first-order chi connectivity index (χ1) is 11.7. The number of rotatable bonds is 3. The molecule has 1 aromatic heterocycles. The molecule has 0 amide bonds. The maximum atomic E-state index is 12.8. The molecule has 25 heavy (non-hydrogen) atoms. The highest BCUT2D eigenvalue weighted by Crippen LogP contribution is 2.30. The van der Waals surface area contributed by atoms with Crippen LogP contribution in [-0.4, -0.2) is 4.98 Å². The van der Waals surface area contributed by atoms with Crippen LogP contribution < -0.4 is 10.9 Å². The molecule has 0 bridgehead atoms. The molecule has 130 valence electrons. The second kappa shape index (κ2) is 6.27. The van der Waals surface area contributed by atoms with E-state index >= 15 is 0 Å². The molecule has 2 N–H and O–H groups in total. The van der Waals surface area contributed by atoms with Gasteiger partial charge in [0.15, 0.2) is 0 Å². The zero-order chi connectivity index (χ0) is 18.2. The molecular formula is C19H17F3N2O. The Hall–Kier alpha value is -2.76. The summed E-state index contributed by atoms with van der Waals surface area (Å²) in [4.78, 5) is 15.1. The van der Waals surface area contributed by atoms with Crippen LogP contribution in [0.3, 0.4) is 0 Å². The molecule has 0 fully saturated rings. The van der Waals surface area contributed by atoms with Gasteiger partial charge in [0.2, 0.25) is 0 Å². The van der Waals surface area contributed by atoms with Gasteiger partial charge in [-0.05, 0) is 55.1 Å². The summed E-state index contributed by atoms with van der Waals surface area (Å²) in [5.74, 6) is 0. The van der Waals surface area contributed by atoms with Crippen LogP contribution in [0.4, 0.5) is 18.9 Å². The number of aryl methyl sites for hydroxylation is 2. The van der Waals surface area contributed by atoms with Crippen LogP contribution in [0, 0.1) is 13.8 Å². The quantitative estimate of drug-likeness (QED) is 0.717. The largest absolute Gasteiger partial charge is 0.416 e. The molecule has 0 aliphatic rings. The van der Waals surface area contributed by atoms with Crippen LogP contribution in [0.1, 0.15) is 22.3 Å². The number of alkyl halides is 3. The second-order valence-electron chi connectivity index (χ2n) is 6.10. The second-order valence-corrected chi connectivity index (χ2v) is 6.10. The van der Waals surface area contributed by atoms with E-state index in [4.69, 9.17) is 0 Å². The van der Waals surface area contributed by atoms with E-state index in [1.54, 1.807) is 12.1 Å². The van der Waals surface area contributed by atoms with Crippen molar-refractivity contribution in [2.75, 3.05) is 5.32 Å². The minimum absolute atomic E-state index is 0.138. The summed E-state index contributed by atoms with van der Waals surface area (Å²) >= 11 is 0. The molecule has 3 aromatic rings. The van der Waals surface area contributed by atoms with E-state index in [9.17, 15) is 18.0 Å². The summed E-state index contributed by atoms with van der Waals surface area (Å²) in [6.45, 7) is 4.03. The van der Waals surface area contributed by atoms with Gasteiger partial charge in [-0.15, -0.1) is 0 Å². The monoisotopic (exact) mass is 346 g/mol. The first-order valence-electron chi connectivity index (χ1n) is 7.78. The third-order valence-electron chi connectivity index (χ3n) is 4.04. The number of hydrogen-bond acceptors (Lipinski definition) is 2. The number of aromatic amines is 1. The Morgan fingerprint density at radius 2 is 1.84 bits per heavy atom. The smallest absolute Gasteiger partial charge is 0.381 e. The third-order valence-corrected chi connectivity index (χ3v) is 4.04. The van der Waals surface area contributed by atoms with Gasteiger partial charge >= 0.3 is 6.18 Å². The molecule has 0 saturated heterocycles. The number of benzene rings is 2. The summed E-state index contributed by atoms with van der Waals surface area (Å²) < 4.78 is 38.3. The van der Waals surface area contributed by atoms with Crippen molar-refractivity contribution in [1.29, 1.82) is 0 Å². The van der Waals surface area contributed by atoms with Crippen LogP contribution in [0.15, 0.2) is 47.3 Å². The Morgan fingerprint density at radius 1 is 1.08 bits per heavy atom. The molecule has 0 spiro atoms. The normalized spacial score (nSPS) is 11.7. The molecule has 0 aliphatic carbocycles. The number of fused-ring (bicyclic) bond motifs is 1. The lowest BCUT2D eigenvalue weighted by Crippen LogP contribution is -2.16. The highest BCUT2D eigenvalue weighted by atomic mass is 19.4. The number of pyridine rings is 1. The molecule has 2 aromatic carbocycles. The average Bonchev–Trinajstić information content (AvgIpc) is 2.53. The molecular weight excluding hydrogens is 329 g/mol. The van der Waals surface area contributed by atoms with Gasteiger partial charge in [-0.3, -0.25) is 4.79 Å². The van der Waals surface area contributed by atoms with Crippen molar-refractivity contribution >= 4 is 16.6 Å². The van der Waals surface area contributed by atoms with Crippen molar-refractivity contribution in [3.8, 4) is 0 Å². The van der Waals surface area contributed by atoms with Gasteiger partial charge in [-0.2, -0.15) is 13.2 Å². The highest BCUT2D eigenvalue weighted by Gasteiger charge is 2.30. The predicted octanol–water partition coefficient (Wildman–Crippen LogP) is 4.78. The zero-order valence-electron chi connectivity index (χ0n) is 13.8. The summed E-state index contributed by atoms with van der Waals surface area (Å²) in [6, 6.07) is 10.6. The van der Waals surface area contributed by atoms with Gasteiger partial charge in [-0.25, -0.2) is 0 Å². The van der Waals surface area contributed by atoms with E-state index < -0.39 is 11.7 Å². The van der Waals surface area contributed by atoms with Gasteiger partial charge in [-0.1, -0.05) is 17.7 Å². The van der Waals surface area contributed by atoms with Gasteiger partial charge in [0.1, 0.15) is 0 Å². The fourth-order valence-corrected chi connectivity index (χ4v) is 2.87.